The van der Waals surface area contributed by atoms with Crippen LogP contribution >= 0.6 is 11.6 Å². The molecule has 0 saturated heterocycles. The molecule has 1 aliphatic rings. The molecule has 2 unspecified atom stereocenters. The number of nitrogens with zero attached hydrogens (tertiary/aromatic N) is 1. The van der Waals surface area contributed by atoms with Crippen molar-refractivity contribution >= 4 is 11.6 Å². The first-order valence-electron chi connectivity index (χ1n) is 6.58. The molecule has 2 rings (SSSR count). The molecule has 2 N–H and O–H groups in total. The van der Waals surface area contributed by atoms with Crippen molar-refractivity contribution < 1.29 is 14.9 Å². The van der Waals surface area contributed by atoms with Crippen LogP contribution in [0.5, 0.6) is 5.75 Å². The number of fused-ring (bicyclic) bond motifs is 1. The van der Waals surface area contributed by atoms with Crippen molar-refractivity contribution in [3.05, 3.63) is 28.8 Å². The number of β-amino-alcohol motifs (C(OH)–C–C–N with tert-alkyl or cyclic N) is 1. The standard InChI is InChI=1S/C14H20ClNO3/c1-2-13-8-16(7-12(18)9-17)6-10-3-4-11(15)5-14(10)19-13/h3-5,12-13,17-18H,2,6-9H2,1H3. The Morgan fingerprint density at radius 3 is 3.00 bits per heavy atom. The topological polar surface area (TPSA) is 52.9 Å². The van der Waals surface area contributed by atoms with Crippen molar-refractivity contribution in [3.8, 4) is 5.75 Å². The quantitative estimate of drug-likeness (QED) is 0.884. The largest absolute Gasteiger partial charge is 0.489 e. The van der Waals surface area contributed by atoms with Gasteiger partial charge in [0.1, 0.15) is 11.9 Å². The van der Waals surface area contributed by atoms with Crippen LogP contribution in [0.25, 0.3) is 0 Å². The van der Waals surface area contributed by atoms with E-state index in [9.17, 15) is 5.11 Å². The summed E-state index contributed by atoms with van der Waals surface area (Å²) in [5, 5.41) is 19.2. The molecule has 1 aliphatic heterocycles. The Kier molecular flexibility index (Phi) is 5.05. The van der Waals surface area contributed by atoms with E-state index >= 15 is 0 Å². The first kappa shape index (κ1) is 14.6. The molecule has 1 aromatic carbocycles. The first-order chi connectivity index (χ1) is 9.12. The second kappa shape index (κ2) is 6.57. The fourth-order valence-electron chi connectivity index (χ4n) is 2.29. The lowest BCUT2D eigenvalue weighted by molar-refractivity contribution is 0.0459. The molecule has 0 bridgehead atoms. The van der Waals surface area contributed by atoms with Gasteiger partial charge in [-0.1, -0.05) is 24.6 Å². The van der Waals surface area contributed by atoms with Crippen molar-refractivity contribution in [2.75, 3.05) is 19.7 Å². The van der Waals surface area contributed by atoms with Gasteiger partial charge in [-0.15, -0.1) is 0 Å². The average molecular weight is 286 g/mol. The van der Waals surface area contributed by atoms with Crippen molar-refractivity contribution in [1.29, 1.82) is 0 Å². The smallest absolute Gasteiger partial charge is 0.125 e. The summed E-state index contributed by atoms with van der Waals surface area (Å²) in [7, 11) is 0. The molecule has 0 radical (unpaired) electrons. The molecule has 5 heteroatoms. The predicted octanol–water partition coefficient (Wildman–Crippen LogP) is 1.67. The SMILES string of the molecule is CCC1CN(CC(O)CO)Cc2ccc(Cl)cc2O1. The number of rotatable bonds is 4. The molecule has 19 heavy (non-hydrogen) atoms. The molecular formula is C14H20ClNO3. The van der Waals surface area contributed by atoms with Crippen molar-refractivity contribution in [2.45, 2.75) is 32.1 Å². The van der Waals surface area contributed by atoms with Crippen LogP contribution in [0.2, 0.25) is 5.02 Å². The van der Waals surface area contributed by atoms with Gasteiger partial charge in [0.15, 0.2) is 0 Å². The molecule has 0 fully saturated rings. The maximum Gasteiger partial charge on any atom is 0.125 e. The normalized spacial score (nSPS) is 21.4. The fraction of sp³-hybridized carbons (Fsp3) is 0.571. The third-order valence-corrected chi connectivity index (χ3v) is 3.55. The van der Waals surface area contributed by atoms with Crippen LogP contribution < -0.4 is 4.74 Å². The Morgan fingerprint density at radius 2 is 2.32 bits per heavy atom. The average Bonchev–Trinajstić information content (AvgIpc) is 2.56. The lowest BCUT2D eigenvalue weighted by Gasteiger charge is -2.24. The molecule has 0 amide bonds. The Balaban J connectivity index is 2.19. The minimum atomic E-state index is -0.716. The highest BCUT2D eigenvalue weighted by Crippen LogP contribution is 2.29. The van der Waals surface area contributed by atoms with E-state index in [4.69, 9.17) is 21.4 Å². The maximum absolute atomic E-state index is 9.60. The lowest BCUT2D eigenvalue weighted by atomic mass is 10.2. The Labute approximate surface area is 118 Å². The molecule has 0 spiro atoms. The van der Waals surface area contributed by atoms with E-state index in [1.807, 2.05) is 18.2 Å². The van der Waals surface area contributed by atoms with Crippen LogP contribution in [0.4, 0.5) is 0 Å². The van der Waals surface area contributed by atoms with Crippen LogP contribution in [-0.2, 0) is 6.54 Å². The van der Waals surface area contributed by atoms with Crippen molar-refractivity contribution in [1.82, 2.24) is 4.90 Å². The maximum atomic E-state index is 9.60. The Hall–Kier alpha value is -0.810. The highest BCUT2D eigenvalue weighted by Gasteiger charge is 2.23. The predicted molar refractivity (Wildman–Crippen MR) is 74.5 cm³/mol. The summed E-state index contributed by atoms with van der Waals surface area (Å²) < 4.78 is 5.96. The molecule has 0 aromatic heterocycles. The van der Waals surface area contributed by atoms with Gasteiger partial charge in [-0.2, -0.15) is 0 Å². The monoisotopic (exact) mass is 285 g/mol. The van der Waals surface area contributed by atoms with Gasteiger partial charge < -0.3 is 14.9 Å². The summed E-state index contributed by atoms with van der Waals surface area (Å²) in [4.78, 5) is 2.11. The summed E-state index contributed by atoms with van der Waals surface area (Å²) in [6, 6.07) is 5.64. The minimum absolute atomic E-state index is 0.0746. The van der Waals surface area contributed by atoms with Gasteiger partial charge in [-0.05, 0) is 18.6 Å². The van der Waals surface area contributed by atoms with Crippen LogP contribution in [0, 0.1) is 0 Å². The Bertz CT molecular complexity index is 427. The van der Waals surface area contributed by atoms with Gasteiger partial charge in [0.05, 0.1) is 12.7 Å². The van der Waals surface area contributed by atoms with E-state index < -0.39 is 6.10 Å². The summed E-state index contributed by atoms with van der Waals surface area (Å²) in [5.74, 6) is 0.820. The van der Waals surface area contributed by atoms with E-state index in [2.05, 4.69) is 11.8 Å². The zero-order chi connectivity index (χ0) is 13.8. The minimum Gasteiger partial charge on any atom is -0.489 e. The van der Waals surface area contributed by atoms with E-state index in [0.29, 0.717) is 18.1 Å². The van der Waals surface area contributed by atoms with Crippen LogP contribution in [0.15, 0.2) is 18.2 Å². The molecular weight excluding hydrogens is 266 g/mol. The number of halogens is 1. The third-order valence-electron chi connectivity index (χ3n) is 3.31. The molecule has 1 heterocycles. The number of aliphatic hydroxyl groups excluding tert-OH is 2. The zero-order valence-electron chi connectivity index (χ0n) is 11.1. The number of benzene rings is 1. The summed E-state index contributed by atoms with van der Waals surface area (Å²) >= 11 is 6.00. The van der Waals surface area contributed by atoms with Crippen LogP contribution in [-0.4, -0.2) is 47.0 Å². The van der Waals surface area contributed by atoms with Gasteiger partial charge in [-0.3, -0.25) is 4.90 Å². The molecule has 106 valence electrons. The molecule has 0 saturated carbocycles. The van der Waals surface area contributed by atoms with E-state index in [-0.39, 0.29) is 12.7 Å². The van der Waals surface area contributed by atoms with Gasteiger partial charge >= 0.3 is 0 Å². The number of ether oxygens (including phenoxy) is 1. The molecule has 4 nitrogen and oxygen atoms in total. The molecule has 0 aliphatic carbocycles. The fourth-order valence-corrected chi connectivity index (χ4v) is 2.45. The highest BCUT2D eigenvalue weighted by atomic mass is 35.5. The summed E-state index contributed by atoms with van der Waals surface area (Å²) in [5.41, 5.74) is 1.06. The number of hydrogen-bond donors (Lipinski definition) is 2. The van der Waals surface area contributed by atoms with Gasteiger partial charge in [0.25, 0.3) is 0 Å². The van der Waals surface area contributed by atoms with Crippen molar-refractivity contribution in [3.63, 3.8) is 0 Å². The zero-order valence-corrected chi connectivity index (χ0v) is 11.8. The van der Waals surface area contributed by atoms with E-state index in [1.54, 1.807) is 0 Å². The lowest BCUT2D eigenvalue weighted by Crippen LogP contribution is -2.38. The van der Waals surface area contributed by atoms with Gasteiger partial charge in [0.2, 0.25) is 0 Å². The van der Waals surface area contributed by atoms with E-state index in [1.165, 1.54) is 0 Å². The second-order valence-electron chi connectivity index (χ2n) is 4.93. The van der Waals surface area contributed by atoms with E-state index in [0.717, 1.165) is 24.3 Å². The third kappa shape index (κ3) is 3.83. The first-order valence-corrected chi connectivity index (χ1v) is 6.96. The van der Waals surface area contributed by atoms with Crippen LogP contribution in [0.1, 0.15) is 18.9 Å². The Morgan fingerprint density at radius 1 is 1.53 bits per heavy atom. The summed E-state index contributed by atoms with van der Waals surface area (Å²) in [6.45, 7) is 3.72. The van der Waals surface area contributed by atoms with Crippen molar-refractivity contribution in [2.24, 2.45) is 0 Å². The van der Waals surface area contributed by atoms with Gasteiger partial charge in [-0.25, -0.2) is 0 Å². The molecule has 2 atom stereocenters. The second-order valence-corrected chi connectivity index (χ2v) is 5.37. The summed E-state index contributed by atoms with van der Waals surface area (Å²) in [6.07, 6.45) is 0.245. The van der Waals surface area contributed by atoms with Crippen LogP contribution in [0.3, 0.4) is 0 Å². The molecule has 1 aromatic rings. The highest BCUT2D eigenvalue weighted by molar-refractivity contribution is 6.30. The number of hydrogen-bond acceptors (Lipinski definition) is 4. The van der Waals surface area contributed by atoms with Gasteiger partial charge in [0, 0.05) is 30.2 Å². The number of aliphatic hydroxyl groups is 2.